The molecule has 3 aliphatic heterocycles. The zero-order chi connectivity index (χ0) is 40.9. The quantitative estimate of drug-likeness (QED) is 0.0840. The van der Waals surface area contributed by atoms with Crippen LogP contribution in [0.3, 0.4) is 0 Å². The number of carbonyl (C=O) groups excluding carboxylic acids is 5. The Hall–Kier alpha value is -5.31. The van der Waals surface area contributed by atoms with Gasteiger partial charge in [-0.25, -0.2) is 0 Å². The van der Waals surface area contributed by atoms with E-state index in [1.807, 2.05) is 60.7 Å². The van der Waals surface area contributed by atoms with Gasteiger partial charge in [0.15, 0.2) is 0 Å². The summed E-state index contributed by atoms with van der Waals surface area (Å²) >= 11 is 0. The number of aliphatic carboxylic acids is 1. The van der Waals surface area contributed by atoms with Gasteiger partial charge in [0, 0.05) is 56.9 Å². The smallest absolute Gasteiger partial charge is 0.862 e. The van der Waals surface area contributed by atoms with Crippen LogP contribution in [0.1, 0.15) is 66.4 Å². The van der Waals surface area contributed by atoms with Crippen LogP contribution in [0, 0.1) is 5.92 Å². The first kappa shape index (κ1) is 43.3. The number of rotatable bonds is 15. The van der Waals surface area contributed by atoms with Crippen molar-refractivity contribution in [1.29, 1.82) is 0 Å². The van der Waals surface area contributed by atoms with Gasteiger partial charge in [-0.3, -0.25) is 38.3 Å². The van der Waals surface area contributed by atoms with Crippen LogP contribution in [0.25, 0.3) is 10.9 Å². The van der Waals surface area contributed by atoms with Crippen LogP contribution in [0.2, 0.25) is 0 Å². The number of piperazine rings is 1. The molecular formula is C44H47N6NaO8. The third kappa shape index (κ3) is 9.94. The minimum atomic E-state index is -1.42. The Morgan fingerprint density at radius 1 is 0.898 bits per heavy atom. The summed E-state index contributed by atoms with van der Waals surface area (Å²) in [4.78, 5) is 87.7. The average molecular weight is 811 g/mol. The normalized spacial score (nSPS) is 20.8. The van der Waals surface area contributed by atoms with E-state index in [4.69, 9.17) is 0 Å². The molecule has 4 atom stereocenters. The molecule has 1 saturated carbocycles. The van der Waals surface area contributed by atoms with E-state index >= 15 is 0 Å². The van der Waals surface area contributed by atoms with E-state index < -0.39 is 54.3 Å². The summed E-state index contributed by atoms with van der Waals surface area (Å²) in [6.07, 6.45) is 3.76. The molecule has 3 N–H and O–H groups in total. The van der Waals surface area contributed by atoms with Crippen molar-refractivity contribution in [2.75, 3.05) is 7.05 Å². The van der Waals surface area contributed by atoms with Crippen LogP contribution >= 0.6 is 0 Å². The van der Waals surface area contributed by atoms with Gasteiger partial charge in [0.25, 0.3) is 0 Å². The molecule has 3 aromatic carbocycles. The van der Waals surface area contributed by atoms with Crippen molar-refractivity contribution in [3.8, 4) is 0 Å². The van der Waals surface area contributed by atoms with Crippen molar-refractivity contribution < 1.29 is 68.5 Å². The monoisotopic (exact) mass is 810 g/mol. The number of nitrogens with one attached hydrogen (secondary N) is 2. The van der Waals surface area contributed by atoms with E-state index in [0.29, 0.717) is 16.5 Å². The van der Waals surface area contributed by atoms with E-state index in [1.54, 1.807) is 36.2 Å². The number of para-hydroxylation sites is 1. The third-order valence-electron chi connectivity index (χ3n) is 11.6. The molecule has 1 aliphatic carbocycles. The Labute approximate surface area is 364 Å². The number of fused-ring (bicyclic) bond motifs is 3. The number of carboxylic acids is 1. The van der Waals surface area contributed by atoms with Crippen molar-refractivity contribution in [3.05, 3.63) is 108 Å². The molecule has 0 radical (unpaired) electrons. The van der Waals surface area contributed by atoms with Gasteiger partial charge in [-0.1, -0.05) is 78.9 Å². The summed E-state index contributed by atoms with van der Waals surface area (Å²) in [6.45, 7) is 0.281. The molecule has 4 heterocycles. The Kier molecular flexibility index (Phi) is 14.1. The Morgan fingerprint density at radius 3 is 2.22 bits per heavy atom. The largest absolute Gasteiger partial charge is 1.00 e. The average Bonchev–Trinajstić information content (AvgIpc) is 3.60. The molecular weight excluding hydrogens is 764 g/mol. The number of benzene rings is 3. The fourth-order valence-corrected chi connectivity index (χ4v) is 8.72. The van der Waals surface area contributed by atoms with Gasteiger partial charge in [-0.2, -0.15) is 0 Å². The molecule has 0 unspecified atom stereocenters. The molecule has 4 aromatic rings. The SMILES string of the molecule is CN(Cc1ccccc1)C(=O)[C@H](Cc1ccccc1)NC(=O)[C@@H](Cc1cn(C(=O)CCC(=O)O)c2ccccc12)N=C([O-])C[C@@H]1NC(=O)[C@@H]2C3CCC(CC3)N2C1=O.[Na+]. The molecule has 8 rings (SSSR count). The second kappa shape index (κ2) is 19.2. The zero-order valence-corrected chi connectivity index (χ0v) is 35.3. The van der Waals surface area contributed by atoms with E-state index in [1.165, 1.54) is 15.7 Å². The summed E-state index contributed by atoms with van der Waals surface area (Å²) < 4.78 is 1.34. The second-order valence-corrected chi connectivity index (χ2v) is 15.5. The van der Waals surface area contributed by atoms with Crippen LogP contribution in [0.15, 0.2) is 96.1 Å². The number of hydrogen-bond acceptors (Lipinski definition) is 8. The Bertz CT molecular complexity index is 2220. The third-order valence-corrected chi connectivity index (χ3v) is 11.6. The maximum Gasteiger partial charge on any atom is 1.00 e. The molecule has 14 nitrogen and oxygen atoms in total. The number of aromatic nitrogens is 1. The molecule has 15 heteroatoms. The van der Waals surface area contributed by atoms with Crippen molar-refractivity contribution in [2.45, 2.75) is 94.5 Å². The van der Waals surface area contributed by atoms with E-state index in [-0.39, 0.29) is 91.5 Å². The zero-order valence-electron chi connectivity index (χ0n) is 33.3. The van der Waals surface area contributed by atoms with Gasteiger partial charge in [-0.05, 0) is 60.3 Å². The number of aliphatic imine (C=N–C) groups is 1. The van der Waals surface area contributed by atoms with Crippen molar-refractivity contribution in [3.63, 3.8) is 0 Å². The van der Waals surface area contributed by atoms with Crippen LogP contribution in [0.4, 0.5) is 0 Å². The first-order valence-electron chi connectivity index (χ1n) is 19.8. The number of carbonyl (C=O) groups is 6. The molecule has 4 amide bonds. The maximum absolute atomic E-state index is 14.5. The predicted molar refractivity (Wildman–Crippen MR) is 212 cm³/mol. The summed E-state index contributed by atoms with van der Waals surface area (Å²) in [6, 6.07) is 21.3. The molecule has 0 spiro atoms. The minimum Gasteiger partial charge on any atom is -0.862 e. The van der Waals surface area contributed by atoms with Gasteiger partial charge >= 0.3 is 35.5 Å². The number of amides is 4. The number of nitrogens with zero attached hydrogens (tertiary/aromatic N) is 4. The van der Waals surface area contributed by atoms with Crippen LogP contribution < -0.4 is 45.3 Å². The molecule has 59 heavy (non-hydrogen) atoms. The summed E-state index contributed by atoms with van der Waals surface area (Å²) in [5, 5.41) is 29.3. The molecule has 1 aromatic heterocycles. The van der Waals surface area contributed by atoms with Crippen molar-refractivity contribution in [2.24, 2.45) is 10.9 Å². The summed E-state index contributed by atoms with van der Waals surface area (Å²) in [5.41, 5.74) is 2.65. The number of likely N-dealkylation sites (N-methyl/N-ethyl adjacent to an activating group) is 1. The van der Waals surface area contributed by atoms with Crippen LogP contribution in [-0.2, 0) is 43.4 Å². The van der Waals surface area contributed by atoms with E-state index in [2.05, 4.69) is 15.6 Å². The standard InChI is InChI=1S/C44H48N6O8.Na/c1-48(25-28-12-6-3-7-13-28)43(57)34(22-27-10-4-2-5-11-27)46-41(55)33(23-30-26-49(38(52)20-21-39(53)54)36-15-9-8-14-32(30)36)45-37(51)24-35-44(58)50-31-18-16-29(17-19-31)40(50)42(56)47-35;/h2-15,26,29,31,33-35,40H,16-25H2,1H3,(H,45,51)(H,46,55)(H,47,56)(H,53,54);/q;+1/p-1/t29?,31?,33-,34+,35+,40+;/m1./s1. The Balaban J connectivity index is 0.00000585. The fourth-order valence-electron chi connectivity index (χ4n) is 8.72. The van der Waals surface area contributed by atoms with Gasteiger partial charge in [-0.15, -0.1) is 0 Å². The minimum absolute atomic E-state index is 0. The number of carboxylic acid groups (broad SMARTS) is 1. The number of piperidine rings is 2. The van der Waals surface area contributed by atoms with Crippen molar-refractivity contribution in [1.82, 2.24) is 25.0 Å². The molecule has 4 fully saturated rings. The van der Waals surface area contributed by atoms with Crippen molar-refractivity contribution >= 4 is 52.3 Å². The molecule has 3 saturated heterocycles. The molecule has 2 bridgehead atoms. The first-order chi connectivity index (χ1) is 28.0. The van der Waals surface area contributed by atoms with Gasteiger partial charge < -0.3 is 30.6 Å². The van der Waals surface area contributed by atoms with E-state index in [0.717, 1.165) is 36.8 Å². The summed E-state index contributed by atoms with van der Waals surface area (Å²) in [7, 11) is 1.65. The molecule has 302 valence electrons. The number of hydrogen-bond donors (Lipinski definition) is 3. The topological polar surface area (TPSA) is 194 Å². The van der Waals surface area contributed by atoms with Crippen LogP contribution in [0.5, 0.6) is 0 Å². The fraction of sp³-hybridized carbons (Fsp3) is 0.386. The van der Waals surface area contributed by atoms with Crippen LogP contribution in [-0.4, -0.2) is 98.1 Å². The molecule has 4 aliphatic rings. The first-order valence-corrected chi connectivity index (χ1v) is 19.8. The van der Waals surface area contributed by atoms with Gasteiger partial charge in [0.2, 0.25) is 29.5 Å². The summed E-state index contributed by atoms with van der Waals surface area (Å²) in [5.74, 6) is -4.00. The predicted octanol–water partition coefficient (Wildman–Crippen LogP) is -0.136. The van der Waals surface area contributed by atoms with Gasteiger partial charge in [0.1, 0.15) is 24.2 Å². The van der Waals surface area contributed by atoms with Gasteiger partial charge in [0.05, 0.1) is 11.9 Å². The maximum atomic E-state index is 14.5. The Morgan fingerprint density at radius 2 is 1.54 bits per heavy atom. The second-order valence-electron chi connectivity index (χ2n) is 15.5. The van der Waals surface area contributed by atoms with E-state index in [9.17, 15) is 39.0 Å².